The third-order valence-corrected chi connectivity index (χ3v) is 3.49. The minimum absolute atomic E-state index is 0. The first-order valence-corrected chi connectivity index (χ1v) is 9.02. The lowest BCUT2D eigenvalue weighted by atomic mass is 10.2. The highest BCUT2D eigenvalue weighted by Gasteiger charge is 2.06. The van der Waals surface area contributed by atoms with E-state index in [4.69, 9.17) is 16.3 Å². The summed E-state index contributed by atoms with van der Waals surface area (Å²) in [6, 6.07) is 7.26. The summed E-state index contributed by atoms with van der Waals surface area (Å²) in [6.45, 7) is 10.1. The van der Waals surface area contributed by atoms with Crippen molar-refractivity contribution in [2.24, 2.45) is 10.9 Å². The summed E-state index contributed by atoms with van der Waals surface area (Å²) in [7, 11) is 0. The van der Waals surface area contributed by atoms with Crippen molar-refractivity contribution in [3.05, 3.63) is 29.3 Å². The first-order chi connectivity index (χ1) is 11.9. The Kier molecular flexibility index (Phi) is 13.3. The number of nitrogens with one attached hydrogen (secondary N) is 3. The lowest BCUT2D eigenvalue weighted by Crippen LogP contribution is -2.42. The smallest absolute Gasteiger partial charge is 0.222 e. The SMILES string of the molecule is CCNC(=NCC(C)Oc1ccc(Cl)cc1)NCCNC(=O)C(C)C.I. The molecule has 0 saturated heterocycles. The molecule has 0 aliphatic heterocycles. The van der Waals surface area contributed by atoms with Crippen molar-refractivity contribution in [2.75, 3.05) is 26.2 Å². The van der Waals surface area contributed by atoms with Crippen LogP contribution in [0.1, 0.15) is 27.7 Å². The Morgan fingerprint density at radius 2 is 1.73 bits per heavy atom. The first-order valence-electron chi connectivity index (χ1n) is 8.64. The van der Waals surface area contributed by atoms with E-state index in [-0.39, 0.29) is 41.9 Å². The van der Waals surface area contributed by atoms with Crippen LogP contribution in [0, 0.1) is 5.92 Å². The van der Waals surface area contributed by atoms with Gasteiger partial charge in [-0.2, -0.15) is 0 Å². The molecule has 148 valence electrons. The average molecular weight is 497 g/mol. The lowest BCUT2D eigenvalue weighted by Gasteiger charge is -2.15. The highest BCUT2D eigenvalue weighted by molar-refractivity contribution is 14.0. The molecule has 0 bridgehead atoms. The number of hydrogen-bond donors (Lipinski definition) is 3. The minimum atomic E-state index is -0.0720. The van der Waals surface area contributed by atoms with Crippen LogP contribution < -0.4 is 20.7 Å². The Hall–Kier alpha value is -1.22. The van der Waals surface area contributed by atoms with Crippen LogP contribution in [0.3, 0.4) is 0 Å². The summed E-state index contributed by atoms with van der Waals surface area (Å²) >= 11 is 5.86. The second-order valence-corrected chi connectivity index (χ2v) is 6.41. The van der Waals surface area contributed by atoms with Gasteiger partial charge in [-0.25, -0.2) is 4.99 Å². The molecule has 6 nitrogen and oxygen atoms in total. The topological polar surface area (TPSA) is 74.8 Å². The van der Waals surface area contributed by atoms with Crippen LogP contribution in [-0.2, 0) is 4.79 Å². The van der Waals surface area contributed by atoms with Crippen LogP contribution in [-0.4, -0.2) is 44.1 Å². The Bertz CT molecular complexity index is 553. The molecule has 0 aliphatic rings. The van der Waals surface area contributed by atoms with E-state index in [2.05, 4.69) is 20.9 Å². The third-order valence-electron chi connectivity index (χ3n) is 3.24. The summed E-state index contributed by atoms with van der Waals surface area (Å²) in [6.07, 6.45) is -0.0720. The molecule has 1 rings (SSSR count). The van der Waals surface area contributed by atoms with Crippen molar-refractivity contribution in [3.63, 3.8) is 0 Å². The molecule has 1 aromatic carbocycles. The number of benzene rings is 1. The number of ether oxygens (including phenoxy) is 1. The Labute approximate surface area is 178 Å². The van der Waals surface area contributed by atoms with E-state index in [1.54, 1.807) is 12.1 Å². The van der Waals surface area contributed by atoms with E-state index in [9.17, 15) is 4.79 Å². The van der Waals surface area contributed by atoms with Gasteiger partial charge in [0.15, 0.2) is 5.96 Å². The van der Waals surface area contributed by atoms with Crippen molar-refractivity contribution in [1.29, 1.82) is 0 Å². The second kappa shape index (κ2) is 13.9. The van der Waals surface area contributed by atoms with E-state index < -0.39 is 0 Å². The van der Waals surface area contributed by atoms with E-state index in [1.165, 1.54) is 0 Å². The third kappa shape index (κ3) is 10.7. The minimum Gasteiger partial charge on any atom is -0.489 e. The number of carbonyl (C=O) groups is 1. The van der Waals surface area contributed by atoms with Crippen LogP contribution in [0.15, 0.2) is 29.3 Å². The molecule has 0 heterocycles. The van der Waals surface area contributed by atoms with Crippen LogP contribution in [0.4, 0.5) is 0 Å². The average Bonchev–Trinajstić information content (AvgIpc) is 2.58. The molecule has 0 aromatic heterocycles. The maximum Gasteiger partial charge on any atom is 0.222 e. The normalized spacial score (nSPS) is 12.2. The van der Waals surface area contributed by atoms with Gasteiger partial charge >= 0.3 is 0 Å². The Balaban J connectivity index is 0.00000625. The van der Waals surface area contributed by atoms with Crippen molar-refractivity contribution < 1.29 is 9.53 Å². The number of rotatable bonds is 9. The molecule has 1 unspecified atom stereocenters. The number of hydrogen-bond acceptors (Lipinski definition) is 3. The summed E-state index contributed by atoms with van der Waals surface area (Å²) in [4.78, 5) is 16.0. The van der Waals surface area contributed by atoms with E-state index in [0.717, 1.165) is 12.3 Å². The monoisotopic (exact) mass is 496 g/mol. The van der Waals surface area contributed by atoms with Crippen molar-refractivity contribution in [3.8, 4) is 5.75 Å². The van der Waals surface area contributed by atoms with Gasteiger partial charge in [0.2, 0.25) is 5.91 Å². The molecule has 0 fully saturated rings. The van der Waals surface area contributed by atoms with Gasteiger partial charge < -0.3 is 20.7 Å². The largest absolute Gasteiger partial charge is 0.489 e. The van der Waals surface area contributed by atoms with Gasteiger partial charge in [0, 0.05) is 30.6 Å². The van der Waals surface area contributed by atoms with E-state index in [1.807, 2.05) is 39.8 Å². The molecule has 1 aromatic rings. The second-order valence-electron chi connectivity index (χ2n) is 5.97. The quantitative estimate of drug-likeness (QED) is 0.213. The fourth-order valence-corrected chi connectivity index (χ4v) is 2.04. The molecule has 0 aliphatic carbocycles. The van der Waals surface area contributed by atoms with E-state index >= 15 is 0 Å². The van der Waals surface area contributed by atoms with Crippen molar-refractivity contribution >= 4 is 47.4 Å². The highest BCUT2D eigenvalue weighted by Crippen LogP contribution is 2.16. The molecule has 0 radical (unpaired) electrons. The zero-order valence-electron chi connectivity index (χ0n) is 15.8. The van der Waals surface area contributed by atoms with Gasteiger partial charge in [-0.15, -0.1) is 24.0 Å². The fourth-order valence-electron chi connectivity index (χ4n) is 1.92. The summed E-state index contributed by atoms with van der Waals surface area (Å²) < 4.78 is 5.80. The molecule has 1 atom stereocenters. The summed E-state index contributed by atoms with van der Waals surface area (Å²) in [5.41, 5.74) is 0. The summed E-state index contributed by atoms with van der Waals surface area (Å²) in [5, 5.41) is 9.91. The number of amides is 1. The number of aliphatic imine (C=N–C) groups is 1. The Morgan fingerprint density at radius 1 is 1.12 bits per heavy atom. The van der Waals surface area contributed by atoms with Gasteiger partial charge in [-0.3, -0.25) is 4.79 Å². The predicted molar refractivity (Wildman–Crippen MR) is 119 cm³/mol. The molecule has 0 spiro atoms. The Morgan fingerprint density at radius 3 is 2.31 bits per heavy atom. The highest BCUT2D eigenvalue weighted by atomic mass is 127. The maximum absolute atomic E-state index is 11.5. The number of nitrogens with zero attached hydrogens (tertiary/aromatic N) is 1. The van der Waals surface area contributed by atoms with Gasteiger partial charge in [-0.1, -0.05) is 25.4 Å². The van der Waals surface area contributed by atoms with Crippen LogP contribution >= 0.6 is 35.6 Å². The lowest BCUT2D eigenvalue weighted by molar-refractivity contribution is -0.123. The maximum atomic E-state index is 11.5. The molecule has 3 N–H and O–H groups in total. The van der Waals surface area contributed by atoms with Crippen LogP contribution in [0.2, 0.25) is 5.02 Å². The predicted octanol–water partition coefficient (Wildman–Crippen LogP) is 3.05. The molecular weight excluding hydrogens is 467 g/mol. The van der Waals surface area contributed by atoms with Crippen molar-refractivity contribution in [2.45, 2.75) is 33.8 Å². The van der Waals surface area contributed by atoms with Crippen LogP contribution in [0.25, 0.3) is 0 Å². The van der Waals surface area contributed by atoms with E-state index in [0.29, 0.717) is 30.6 Å². The van der Waals surface area contributed by atoms with Gasteiger partial charge in [0.25, 0.3) is 0 Å². The first kappa shape index (κ1) is 24.8. The van der Waals surface area contributed by atoms with Crippen LogP contribution in [0.5, 0.6) is 5.75 Å². The molecule has 1 amide bonds. The number of guanidine groups is 1. The number of halogens is 2. The number of carbonyl (C=O) groups excluding carboxylic acids is 1. The summed E-state index contributed by atoms with van der Waals surface area (Å²) in [5.74, 6) is 1.51. The molecular formula is C18H30ClIN4O2. The fraction of sp³-hybridized carbons (Fsp3) is 0.556. The standard InChI is InChI=1S/C18H29ClN4O2.HI/c1-5-20-18(22-11-10-21-17(24)13(2)3)23-12-14(4)25-16-8-6-15(19)7-9-16;/h6-9,13-14H,5,10-12H2,1-4H3,(H,21,24)(H2,20,22,23);1H. The van der Waals surface area contributed by atoms with Gasteiger partial charge in [0.05, 0.1) is 6.54 Å². The van der Waals surface area contributed by atoms with Gasteiger partial charge in [-0.05, 0) is 38.1 Å². The molecule has 26 heavy (non-hydrogen) atoms. The van der Waals surface area contributed by atoms with Gasteiger partial charge in [0.1, 0.15) is 11.9 Å². The zero-order chi connectivity index (χ0) is 18.7. The molecule has 8 heteroatoms. The molecule has 0 saturated carbocycles. The van der Waals surface area contributed by atoms with Crippen molar-refractivity contribution in [1.82, 2.24) is 16.0 Å². The zero-order valence-corrected chi connectivity index (χ0v) is 18.9.